The molecule has 0 fully saturated rings. The van der Waals surface area contributed by atoms with Crippen molar-refractivity contribution in [3.63, 3.8) is 0 Å². The van der Waals surface area contributed by atoms with Gasteiger partial charge in [0.05, 0.1) is 15.7 Å². The van der Waals surface area contributed by atoms with Crippen molar-refractivity contribution in [2.45, 2.75) is 13.3 Å². The zero-order chi connectivity index (χ0) is 15.2. The van der Waals surface area contributed by atoms with Crippen LogP contribution in [0, 0.1) is 0 Å². The van der Waals surface area contributed by atoms with E-state index in [4.69, 9.17) is 27.9 Å². The highest BCUT2D eigenvalue weighted by Crippen LogP contribution is 2.29. The van der Waals surface area contributed by atoms with Crippen LogP contribution < -0.4 is 10.1 Å². The van der Waals surface area contributed by atoms with Crippen molar-refractivity contribution in [1.29, 1.82) is 0 Å². The summed E-state index contributed by atoms with van der Waals surface area (Å²) in [5, 5.41) is 3.38. The Balaban J connectivity index is 1.94. The van der Waals surface area contributed by atoms with Crippen LogP contribution in [0.25, 0.3) is 0 Å². The van der Waals surface area contributed by atoms with Crippen molar-refractivity contribution in [3.8, 4) is 5.75 Å². The molecule has 2 rings (SSSR count). The molecule has 2 aromatic rings. The van der Waals surface area contributed by atoms with Gasteiger partial charge >= 0.3 is 0 Å². The first kappa shape index (κ1) is 15.7. The Hall–Kier alpha value is -1.71. The van der Waals surface area contributed by atoms with Gasteiger partial charge in [0.15, 0.2) is 6.61 Å². The summed E-state index contributed by atoms with van der Waals surface area (Å²) in [5.41, 5.74) is 1.63. The first-order valence-corrected chi connectivity index (χ1v) is 7.31. The predicted octanol–water partition coefficient (Wildman–Crippen LogP) is 4.57. The van der Waals surface area contributed by atoms with Crippen LogP contribution in [0.15, 0.2) is 42.5 Å². The van der Waals surface area contributed by atoms with Crippen LogP contribution >= 0.6 is 23.2 Å². The molecule has 0 aliphatic carbocycles. The molecule has 0 aliphatic heterocycles. The summed E-state index contributed by atoms with van der Waals surface area (Å²) in [4.78, 5) is 11.9. The van der Waals surface area contributed by atoms with E-state index in [1.807, 2.05) is 24.3 Å². The molecule has 0 heterocycles. The number of carbonyl (C=O) groups excluding carboxylic acids is 1. The van der Waals surface area contributed by atoms with Crippen LogP contribution in [0.2, 0.25) is 10.0 Å². The Labute approximate surface area is 133 Å². The predicted molar refractivity (Wildman–Crippen MR) is 86.4 cm³/mol. The summed E-state index contributed by atoms with van der Waals surface area (Å²) < 4.78 is 5.46. The molecule has 0 atom stereocenters. The van der Waals surface area contributed by atoms with Crippen molar-refractivity contribution in [2.75, 3.05) is 11.9 Å². The molecule has 0 aromatic heterocycles. The van der Waals surface area contributed by atoms with Crippen molar-refractivity contribution in [3.05, 3.63) is 58.1 Å². The van der Waals surface area contributed by atoms with E-state index in [9.17, 15) is 4.79 Å². The van der Waals surface area contributed by atoms with Crippen LogP contribution in [0.1, 0.15) is 12.5 Å². The van der Waals surface area contributed by atoms with Gasteiger partial charge in [-0.25, -0.2) is 0 Å². The quantitative estimate of drug-likeness (QED) is 0.875. The molecule has 0 saturated heterocycles. The van der Waals surface area contributed by atoms with Crippen LogP contribution in [-0.2, 0) is 11.2 Å². The molecule has 21 heavy (non-hydrogen) atoms. The van der Waals surface area contributed by atoms with Crippen molar-refractivity contribution >= 4 is 34.8 Å². The molecule has 0 spiro atoms. The number of rotatable bonds is 5. The monoisotopic (exact) mass is 323 g/mol. The van der Waals surface area contributed by atoms with E-state index in [0.29, 0.717) is 21.5 Å². The van der Waals surface area contributed by atoms with Gasteiger partial charge in [-0.1, -0.05) is 48.3 Å². The SMILES string of the molecule is CCc1cccc(OCC(=O)Nc2cccc(Cl)c2Cl)c1. The highest BCUT2D eigenvalue weighted by atomic mass is 35.5. The third kappa shape index (κ3) is 4.38. The number of nitrogens with one attached hydrogen (secondary N) is 1. The lowest BCUT2D eigenvalue weighted by molar-refractivity contribution is -0.118. The Morgan fingerprint density at radius 1 is 1.19 bits per heavy atom. The number of carbonyl (C=O) groups is 1. The molecule has 0 unspecified atom stereocenters. The first-order valence-electron chi connectivity index (χ1n) is 6.55. The number of ether oxygens (including phenoxy) is 1. The number of hydrogen-bond acceptors (Lipinski definition) is 2. The molecule has 0 radical (unpaired) electrons. The van der Waals surface area contributed by atoms with Gasteiger partial charge < -0.3 is 10.1 Å². The zero-order valence-electron chi connectivity index (χ0n) is 11.5. The lowest BCUT2D eigenvalue weighted by Crippen LogP contribution is -2.20. The number of halogens is 2. The molecular weight excluding hydrogens is 309 g/mol. The van der Waals surface area contributed by atoms with Gasteiger partial charge in [0.25, 0.3) is 5.91 Å². The molecule has 0 saturated carbocycles. The fraction of sp³-hybridized carbons (Fsp3) is 0.188. The van der Waals surface area contributed by atoms with Crippen LogP contribution in [0.4, 0.5) is 5.69 Å². The maximum Gasteiger partial charge on any atom is 0.262 e. The molecule has 0 aliphatic rings. The topological polar surface area (TPSA) is 38.3 Å². The molecule has 110 valence electrons. The van der Waals surface area contributed by atoms with Crippen LogP contribution in [0.3, 0.4) is 0 Å². The summed E-state index contributed by atoms with van der Waals surface area (Å²) in [6.45, 7) is 1.98. The van der Waals surface area contributed by atoms with Crippen LogP contribution in [0.5, 0.6) is 5.75 Å². The minimum atomic E-state index is -0.291. The minimum absolute atomic E-state index is 0.0873. The lowest BCUT2D eigenvalue weighted by atomic mass is 10.2. The van der Waals surface area contributed by atoms with Gasteiger partial charge in [-0.05, 0) is 36.2 Å². The van der Waals surface area contributed by atoms with Crippen molar-refractivity contribution in [2.24, 2.45) is 0 Å². The zero-order valence-corrected chi connectivity index (χ0v) is 13.0. The van der Waals surface area contributed by atoms with E-state index >= 15 is 0 Å². The molecular formula is C16H15Cl2NO2. The van der Waals surface area contributed by atoms with E-state index in [2.05, 4.69) is 12.2 Å². The first-order chi connectivity index (χ1) is 10.1. The third-order valence-electron chi connectivity index (χ3n) is 2.90. The maximum absolute atomic E-state index is 11.9. The normalized spacial score (nSPS) is 10.2. The molecule has 2 aromatic carbocycles. The summed E-state index contributed by atoms with van der Waals surface area (Å²) in [6, 6.07) is 12.7. The number of amides is 1. The Bertz CT molecular complexity index is 644. The number of anilines is 1. The van der Waals surface area contributed by atoms with Crippen LogP contribution in [-0.4, -0.2) is 12.5 Å². The summed E-state index contributed by atoms with van der Waals surface area (Å²) in [7, 11) is 0. The van der Waals surface area contributed by atoms with Gasteiger partial charge in [-0.2, -0.15) is 0 Å². The van der Waals surface area contributed by atoms with E-state index in [-0.39, 0.29) is 12.5 Å². The molecule has 0 bridgehead atoms. The van der Waals surface area contributed by atoms with E-state index < -0.39 is 0 Å². The second kappa shape index (κ2) is 7.34. The average molecular weight is 324 g/mol. The maximum atomic E-state index is 11.9. The Kier molecular flexibility index (Phi) is 5.48. The Morgan fingerprint density at radius 2 is 1.95 bits per heavy atom. The largest absolute Gasteiger partial charge is 0.484 e. The third-order valence-corrected chi connectivity index (χ3v) is 3.72. The highest BCUT2D eigenvalue weighted by Gasteiger charge is 2.09. The second-order valence-corrected chi connectivity index (χ2v) is 5.22. The standard InChI is InChI=1S/C16H15Cl2NO2/c1-2-11-5-3-6-12(9-11)21-10-15(20)19-14-8-4-7-13(17)16(14)18/h3-9H,2,10H2,1H3,(H,19,20). The van der Waals surface area contributed by atoms with Gasteiger partial charge in [-0.3, -0.25) is 4.79 Å². The van der Waals surface area contributed by atoms with Gasteiger partial charge in [0, 0.05) is 0 Å². The van der Waals surface area contributed by atoms with Crippen molar-refractivity contribution in [1.82, 2.24) is 0 Å². The Morgan fingerprint density at radius 3 is 2.71 bits per heavy atom. The summed E-state index contributed by atoms with van der Waals surface area (Å²) in [5.74, 6) is 0.378. The summed E-state index contributed by atoms with van der Waals surface area (Å²) in [6.07, 6.45) is 0.918. The minimum Gasteiger partial charge on any atom is -0.484 e. The fourth-order valence-electron chi connectivity index (χ4n) is 1.79. The summed E-state index contributed by atoms with van der Waals surface area (Å²) >= 11 is 11.9. The lowest BCUT2D eigenvalue weighted by Gasteiger charge is -2.10. The van der Waals surface area contributed by atoms with E-state index in [1.165, 1.54) is 0 Å². The molecule has 5 heteroatoms. The average Bonchev–Trinajstić information content (AvgIpc) is 2.50. The smallest absolute Gasteiger partial charge is 0.262 e. The fourth-order valence-corrected chi connectivity index (χ4v) is 2.14. The van der Waals surface area contributed by atoms with Gasteiger partial charge in [0.2, 0.25) is 0 Å². The van der Waals surface area contributed by atoms with Gasteiger partial charge in [0.1, 0.15) is 5.75 Å². The molecule has 1 N–H and O–H groups in total. The number of aryl methyl sites for hydroxylation is 1. The molecule has 1 amide bonds. The van der Waals surface area contributed by atoms with E-state index in [1.54, 1.807) is 18.2 Å². The highest BCUT2D eigenvalue weighted by molar-refractivity contribution is 6.43. The number of benzene rings is 2. The number of hydrogen-bond donors (Lipinski definition) is 1. The van der Waals surface area contributed by atoms with E-state index in [0.717, 1.165) is 12.0 Å². The second-order valence-electron chi connectivity index (χ2n) is 4.44. The van der Waals surface area contributed by atoms with Crippen molar-refractivity contribution < 1.29 is 9.53 Å². The van der Waals surface area contributed by atoms with Gasteiger partial charge in [-0.15, -0.1) is 0 Å². The molecule has 3 nitrogen and oxygen atoms in total.